The van der Waals surface area contributed by atoms with Gasteiger partial charge in [-0.15, -0.1) is 11.6 Å². The van der Waals surface area contributed by atoms with E-state index < -0.39 is 36.7 Å². The Morgan fingerprint density at radius 3 is 2.19 bits per heavy atom. The van der Waals surface area contributed by atoms with E-state index in [4.69, 9.17) is 35.3 Å². The lowest BCUT2D eigenvalue weighted by Crippen LogP contribution is -2.59. The van der Waals surface area contributed by atoms with E-state index in [1.54, 1.807) is 14.0 Å². The molecule has 1 heterocycles. The summed E-state index contributed by atoms with van der Waals surface area (Å²) in [6.45, 7) is 2.31. The van der Waals surface area contributed by atoms with Crippen molar-refractivity contribution >= 4 is 17.6 Å². The number of carbonyl (C=O) groups is 1. The predicted octanol–water partition coefficient (Wildman–Crippen LogP) is 3.05. The van der Waals surface area contributed by atoms with Crippen LogP contribution in [0.2, 0.25) is 0 Å². The molecule has 0 spiro atoms. The van der Waals surface area contributed by atoms with Crippen LogP contribution < -0.4 is 4.74 Å². The molecule has 7 nitrogen and oxygen atoms in total. The van der Waals surface area contributed by atoms with Crippen LogP contribution in [0.5, 0.6) is 5.75 Å². The zero-order valence-electron chi connectivity index (χ0n) is 17.5. The third kappa shape index (κ3) is 6.41. The molecule has 168 valence electrons. The van der Waals surface area contributed by atoms with Crippen LogP contribution in [0.4, 0.5) is 0 Å². The van der Waals surface area contributed by atoms with Gasteiger partial charge in [0, 0.05) is 0 Å². The summed E-state index contributed by atoms with van der Waals surface area (Å²) >= 11 is 5.59. The van der Waals surface area contributed by atoms with E-state index in [9.17, 15) is 9.90 Å². The summed E-state index contributed by atoms with van der Waals surface area (Å²) < 4.78 is 28.3. The van der Waals surface area contributed by atoms with Crippen molar-refractivity contribution in [2.24, 2.45) is 0 Å². The molecule has 31 heavy (non-hydrogen) atoms. The van der Waals surface area contributed by atoms with Crippen LogP contribution in [-0.4, -0.2) is 54.8 Å². The number of hydrogen-bond acceptors (Lipinski definition) is 7. The number of carbonyl (C=O) groups excluding carboxylic acids is 1. The van der Waals surface area contributed by atoms with E-state index in [1.165, 1.54) is 0 Å². The molecule has 8 heteroatoms. The molecule has 0 aromatic heterocycles. The molecule has 2 aromatic rings. The predicted molar refractivity (Wildman–Crippen MR) is 114 cm³/mol. The van der Waals surface area contributed by atoms with E-state index in [0.717, 1.165) is 16.9 Å². The third-order valence-corrected chi connectivity index (χ3v) is 5.23. The molecule has 0 radical (unpaired) electrons. The minimum atomic E-state index is -1.36. The quantitative estimate of drug-likeness (QED) is 0.464. The Hall–Kier alpha value is -2.16. The van der Waals surface area contributed by atoms with Crippen molar-refractivity contribution in [2.75, 3.05) is 13.0 Å². The Labute approximate surface area is 186 Å². The number of alkyl halides is 1. The molecule has 0 amide bonds. The summed E-state index contributed by atoms with van der Waals surface area (Å²) in [4.78, 5) is 11.9. The summed E-state index contributed by atoms with van der Waals surface area (Å²) in [6.07, 6.45) is -4.29. The van der Waals surface area contributed by atoms with Crippen LogP contribution in [0.25, 0.3) is 0 Å². The van der Waals surface area contributed by atoms with Gasteiger partial charge >= 0.3 is 5.97 Å². The third-order valence-electron chi connectivity index (χ3n) is 5.01. The van der Waals surface area contributed by atoms with Crippen molar-refractivity contribution in [1.82, 2.24) is 0 Å². The second-order valence-corrected chi connectivity index (χ2v) is 7.47. The van der Waals surface area contributed by atoms with Gasteiger partial charge in [-0.1, -0.05) is 42.5 Å². The molecular formula is C23H27ClO7. The van der Waals surface area contributed by atoms with E-state index >= 15 is 0 Å². The lowest BCUT2D eigenvalue weighted by molar-refractivity contribution is -0.300. The maximum atomic E-state index is 11.9. The second-order valence-electron chi connectivity index (χ2n) is 7.20. The Kier molecular flexibility index (Phi) is 8.69. The van der Waals surface area contributed by atoms with Gasteiger partial charge in [-0.25, -0.2) is 0 Å². The fourth-order valence-corrected chi connectivity index (χ4v) is 3.46. The molecule has 1 fully saturated rings. The first-order valence-electron chi connectivity index (χ1n) is 10.0. The van der Waals surface area contributed by atoms with Gasteiger partial charge < -0.3 is 28.8 Å². The van der Waals surface area contributed by atoms with Crippen molar-refractivity contribution in [3.63, 3.8) is 0 Å². The van der Waals surface area contributed by atoms with E-state index in [0.29, 0.717) is 6.61 Å². The monoisotopic (exact) mass is 450 g/mol. The van der Waals surface area contributed by atoms with Gasteiger partial charge in [0.2, 0.25) is 0 Å². The van der Waals surface area contributed by atoms with Crippen LogP contribution in [0.3, 0.4) is 0 Å². The molecule has 0 saturated carbocycles. The number of aliphatic hydroxyl groups excluding tert-OH is 1. The standard InChI is InChI=1S/C23H27ClO7/c1-15-20(28-13-16-6-4-3-5-7-16)21(22(23(26)30-15)31-19(25)12-24)29-14-17-8-10-18(27-2)11-9-17/h3-11,15,20-23,26H,12-14H2,1-2H3/t15-,20-,21+,22+,23+/m0/s1. The zero-order chi connectivity index (χ0) is 22.2. The van der Waals surface area contributed by atoms with Crippen molar-refractivity contribution in [3.05, 3.63) is 65.7 Å². The molecule has 5 atom stereocenters. The average molecular weight is 451 g/mol. The normalized spacial score (nSPS) is 25.7. The number of benzene rings is 2. The van der Waals surface area contributed by atoms with Crippen LogP contribution >= 0.6 is 11.6 Å². The Morgan fingerprint density at radius 1 is 0.968 bits per heavy atom. The summed E-state index contributed by atoms with van der Waals surface area (Å²) in [6, 6.07) is 17.1. The molecule has 3 rings (SSSR count). The fourth-order valence-electron chi connectivity index (χ4n) is 3.40. The molecule has 1 aliphatic heterocycles. The highest BCUT2D eigenvalue weighted by molar-refractivity contribution is 6.26. The highest BCUT2D eigenvalue weighted by Crippen LogP contribution is 2.29. The van der Waals surface area contributed by atoms with Gasteiger partial charge in [0.15, 0.2) is 12.4 Å². The van der Waals surface area contributed by atoms with E-state index in [1.807, 2.05) is 54.6 Å². The molecule has 0 aliphatic carbocycles. The van der Waals surface area contributed by atoms with Crippen LogP contribution in [0, 0.1) is 0 Å². The summed E-state index contributed by atoms with van der Waals surface area (Å²) in [7, 11) is 1.60. The molecule has 1 N–H and O–H groups in total. The molecule has 0 unspecified atom stereocenters. The number of methoxy groups -OCH3 is 1. The van der Waals surface area contributed by atoms with E-state index in [-0.39, 0.29) is 12.5 Å². The zero-order valence-corrected chi connectivity index (χ0v) is 18.2. The first kappa shape index (κ1) is 23.5. The fraction of sp³-hybridized carbons (Fsp3) is 0.435. The lowest BCUT2D eigenvalue weighted by atomic mass is 9.98. The molecule has 1 aliphatic rings. The van der Waals surface area contributed by atoms with Gasteiger partial charge in [0.1, 0.15) is 23.8 Å². The van der Waals surface area contributed by atoms with Crippen LogP contribution in [0.1, 0.15) is 18.1 Å². The van der Waals surface area contributed by atoms with Crippen molar-refractivity contribution in [1.29, 1.82) is 0 Å². The Morgan fingerprint density at radius 2 is 1.58 bits per heavy atom. The van der Waals surface area contributed by atoms with Crippen molar-refractivity contribution < 1.29 is 33.6 Å². The van der Waals surface area contributed by atoms with Crippen LogP contribution in [0.15, 0.2) is 54.6 Å². The minimum absolute atomic E-state index is 0.216. The number of halogens is 1. The van der Waals surface area contributed by atoms with Crippen molar-refractivity contribution in [3.8, 4) is 5.75 Å². The van der Waals surface area contributed by atoms with Crippen molar-refractivity contribution in [2.45, 2.75) is 50.8 Å². The molecule has 2 aromatic carbocycles. The van der Waals surface area contributed by atoms with Gasteiger partial charge in [-0.3, -0.25) is 4.79 Å². The largest absolute Gasteiger partial charge is 0.497 e. The SMILES string of the molecule is COc1ccc(CO[C@@H]2[C@@H](OCc3ccccc3)[C@H](C)O[C@@H](O)[C@@H]2OC(=O)CCl)cc1. The minimum Gasteiger partial charge on any atom is -0.497 e. The second kappa shape index (κ2) is 11.5. The molecular weight excluding hydrogens is 424 g/mol. The van der Waals surface area contributed by atoms with Gasteiger partial charge in [-0.05, 0) is 30.2 Å². The first-order chi connectivity index (χ1) is 15.0. The maximum absolute atomic E-state index is 11.9. The number of hydrogen-bond donors (Lipinski definition) is 1. The summed E-state index contributed by atoms with van der Waals surface area (Å²) in [5.41, 5.74) is 1.86. The molecule has 1 saturated heterocycles. The number of rotatable bonds is 9. The number of ether oxygens (including phenoxy) is 5. The highest BCUT2D eigenvalue weighted by atomic mass is 35.5. The number of esters is 1. The Bertz CT molecular complexity index is 814. The van der Waals surface area contributed by atoms with Crippen LogP contribution in [-0.2, 0) is 37.0 Å². The van der Waals surface area contributed by atoms with Gasteiger partial charge in [0.25, 0.3) is 0 Å². The number of aliphatic hydroxyl groups is 1. The topological polar surface area (TPSA) is 83.5 Å². The summed E-state index contributed by atoms with van der Waals surface area (Å²) in [5, 5.41) is 10.4. The smallest absolute Gasteiger partial charge is 0.321 e. The summed E-state index contributed by atoms with van der Waals surface area (Å²) in [5.74, 6) is -0.292. The Balaban J connectivity index is 1.77. The van der Waals surface area contributed by atoms with Gasteiger partial charge in [0.05, 0.1) is 26.4 Å². The highest BCUT2D eigenvalue weighted by Gasteiger charge is 2.47. The van der Waals surface area contributed by atoms with E-state index in [2.05, 4.69) is 0 Å². The average Bonchev–Trinajstić information content (AvgIpc) is 2.79. The maximum Gasteiger partial charge on any atom is 0.321 e. The van der Waals surface area contributed by atoms with Gasteiger partial charge in [-0.2, -0.15) is 0 Å². The molecule has 0 bridgehead atoms. The lowest BCUT2D eigenvalue weighted by Gasteiger charge is -2.43. The first-order valence-corrected chi connectivity index (χ1v) is 10.5.